The monoisotopic (exact) mass is 599 g/mol. The number of ether oxygens (including phenoxy) is 1. The Hall–Kier alpha value is -4.82. The van der Waals surface area contributed by atoms with Crippen molar-refractivity contribution < 1.29 is 14.3 Å². The molecule has 44 heavy (non-hydrogen) atoms. The highest BCUT2D eigenvalue weighted by molar-refractivity contribution is 6.00. The number of aromatic nitrogens is 5. The molecule has 0 unspecified atom stereocenters. The molecule has 230 valence electrons. The van der Waals surface area contributed by atoms with Crippen LogP contribution in [0.3, 0.4) is 0 Å². The molecule has 2 saturated heterocycles. The number of carbonyl (C=O) groups is 2. The minimum atomic E-state index is -0.381. The van der Waals surface area contributed by atoms with Gasteiger partial charge in [-0.3, -0.25) is 0 Å². The molecule has 2 aromatic heterocycles. The first-order valence-corrected chi connectivity index (χ1v) is 14.9. The topological polar surface area (TPSA) is 146 Å². The molecule has 0 aliphatic carbocycles. The minimum Gasteiger partial charge on any atom is -0.378 e. The van der Waals surface area contributed by atoms with Gasteiger partial charge in [0.15, 0.2) is 22.8 Å². The number of urea groups is 2. The molecule has 4 aromatic rings. The van der Waals surface area contributed by atoms with Gasteiger partial charge < -0.3 is 35.4 Å². The molecule has 2 aliphatic rings. The van der Waals surface area contributed by atoms with Gasteiger partial charge in [0.1, 0.15) is 0 Å². The number of anilines is 4. The number of aryl methyl sites for hydroxylation is 1. The predicted octanol–water partition coefficient (Wildman–Crippen LogP) is 3.56. The van der Waals surface area contributed by atoms with Crippen molar-refractivity contribution in [3.8, 4) is 11.4 Å². The molecule has 4 amide bonds. The molecule has 4 heterocycles. The Balaban J connectivity index is 1.08. The normalized spacial score (nSPS) is 16.0. The Morgan fingerprint density at radius 2 is 1.48 bits per heavy atom. The lowest BCUT2D eigenvalue weighted by Gasteiger charge is -2.27. The maximum atomic E-state index is 12.7. The Kier molecular flexibility index (Phi) is 8.79. The van der Waals surface area contributed by atoms with Gasteiger partial charge in [-0.05, 0) is 75.5 Å². The first-order chi connectivity index (χ1) is 21.5. The molecular weight excluding hydrogens is 562 g/mol. The number of fused-ring (bicyclic) bond motifs is 1. The maximum absolute atomic E-state index is 12.7. The quantitative estimate of drug-likeness (QED) is 0.303. The van der Waals surface area contributed by atoms with Crippen LogP contribution in [0.15, 0.2) is 48.5 Å². The third kappa shape index (κ3) is 6.71. The fraction of sp³-hybridized carbons (Fsp3) is 0.400. The van der Waals surface area contributed by atoms with Gasteiger partial charge in [0.2, 0.25) is 0 Å². The molecule has 6 rings (SSSR count). The molecule has 0 atom stereocenters. The summed E-state index contributed by atoms with van der Waals surface area (Å²) in [4.78, 5) is 41.2. The number of hydrogen-bond acceptors (Lipinski definition) is 9. The van der Waals surface area contributed by atoms with E-state index < -0.39 is 0 Å². The molecule has 14 nitrogen and oxygen atoms in total. The Morgan fingerprint density at radius 1 is 0.818 bits per heavy atom. The minimum absolute atomic E-state index is 0.113. The van der Waals surface area contributed by atoms with Crippen molar-refractivity contribution in [3.63, 3.8) is 0 Å². The third-order valence-corrected chi connectivity index (χ3v) is 7.76. The number of nitrogens with one attached hydrogen (secondary N) is 3. The number of rotatable bonds is 6. The van der Waals surface area contributed by atoms with Crippen molar-refractivity contribution in [1.82, 2.24) is 34.8 Å². The lowest BCUT2D eigenvalue weighted by molar-refractivity contribution is 0.122. The Labute approximate surface area is 255 Å². The number of hydrogen-bond donors (Lipinski definition) is 3. The average molecular weight is 600 g/mol. The first-order valence-electron chi connectivity index (χ1n) is 14.9. The standard InChI is InChI=1S/C30H37N11O3/c1-3-41-28-25(36-37-41)27(39-17-19-44-20-18-39)34-26(35-28)21-5-7-22(8-6-21)31-29(42)32-23-9-11-24(12-10-23)33-30(43)40-14-4-13-38(2)15-16-40/h5-12H,3-4,13-20H2,1-2H3,(H,33,43)(H2,31,32,42). The van der Waals surface area contributed by atoms with Crippen LogP contribution in [0.4, 0.5) is 32.5 Å². The van der Waals surface area contributed by atoms with Crippen LogP contribution in [0.1, 0.15) is 13.3 Å². The zero-order chi connectivity index (χ0) is 30.5. The molecule has 0 saturated carbocycles. The average Bonchev–Trinajstić information content (AvgIpc) is 3.34. The van der Waals surface area contributed by atoms with Crippen LogP contribution in [0.5, 0.6) is 0 Å². The summed E-state index contributed by atoms with van der Waals surface area (Å²) < 4.78 is 7.28. The zero-order valence-corrected chi connectivity index (χ0v) is 25.0. The molecule has 0 spiro atoms. The highest BCUT2D eigenvalue weighted by Gasteiger charge is 2.22. The van der Waals surface area contributed by atoms with E-state index in [2.05, 4.69) is 43.1 Å². The van der Waals surface area contributed by atoms with E-state index >= 15 is 0 Å². The van der Waals surface area contributed by atoms with Crippen molar-refractivity contribution >= 4 is 46.1 Å². The summed E-state index contributed by atoms with van der Waals surface area (Å²) >= 11 is 0. The van der Waals surface area contributed by atoms with Crippen molar-refractivity contribution in [2.75, 3.05) is 80.4 Å². The summed E-state index contributed by atoms with van der Waals surface area (Å²) in [5.74, 6) is 1.30. The number of likely N-dealkylation sites (N-methyl/N-ethyl adjacent to an activating group) is 1. The van der Waals surface area contributed by atoms with Crippen molar-refractivity contribution in [1.29, 1.82) is 0 Å². The van der Waals surface area contributed by atoms with E-state index in [1.165, 1.54) is 0 Å². The van der Waals surface area contributed by atoms with Gasteiger partial charge in [-0.1, -0.05) is 5.21 Å². The van der Waals surface area contributed by atoms with Crippen molar-refractivity contribution in [2.45, 2.75) is 19.9 Å². The Bertz CT molecular complexity index is 1600. The zero-order valence-electron chi connectivity index (χ0n) is 25.0. The summed E-state index contributed by atoms with van der Waals surface area (Å²) in [7, 11) is 2.07. The van der Waals surface area contributed by atoms with Crippen LogP contribution in [0.25, 0.3) is 22.6 Å². The first kappa shape index (κ1) is 29.3. The van der Waals surface area contributed by atoms with E-state index in [0.717, 1.165) is 50.5 Å². The SMILES string of the molecule is CCn1nnc2c(N3CCOCC3)nc(-c3ccc(NC(=O)Nc4ccc(NC(=O)N5CCCN(C)CC5)cc4)cc3)nc21. The Morgan fingerprint density at radius 3 is 2.16 bits per heavy atom. The van der Waals surface area contributed by atoms with Crippen LogP contribution in [0, 0.1) is 0 Å². The number of morpholine rings is 1. The van der Waals surface area contributed by atoms with Crippen LogP contribution >= 0.6 is 0 Å². The second-order valence-corrected chi connectivity index (χ2v) is 10.9. The fourth-order valence-electron chi connectivity index (χ4n) is 5.26. The van der Waals surface area contributed by atoms with Crippen LogP contribution in [-0.2, 0) is 11.3 Å². The molecule has 3 N–H and O–H groups in total. The van der Waals surface area contributed by atoms with E-state index in [1.54, 1.807) is 28.9 Å². The molecule has 0 bridgehead atoms. The summed E-state index contributed by atoms with van der Waals surface area (Å²) in [6.07, 6.45) is 0.952. The molecule has 2 aromatic carbocycles. The van der Waals surface area contributed by atoms with E-state index in [0.29, 0.717) is 60.4 Å². The second kappa shape index (κ2) is 13.2. The van der Waals surface area contributed by atoms with E-state index in [1.807, 2.05) is 36.1 Å². The largest absolute Gasteiger partial charge is 0.378 e. The molecule has 2 aliphatic heterocycles. The molecule has 14 heteroatoms. The number of carbonyl (C=O) groups excluding carboxylic acids is 2. The summed E-state index contributed by atoms with van der Waals surface area (Å²) in [5, 5.41) is 17.2. The number of nitrogens with zero attached hydrogens (tertiary/aromatic N) is 8. The molecule has 0 radical (unpaired) electrons. The molecule has 2 fully saturated rings. The second-order valence-electron chi connectivity index (χ2n) is 10.9. The van der Waals surface area contributed by atoms with Crippen molar-refractivity contribution in [2.24, 2.45) is 0 Å². The third-order valence-electron chi connectivity index (χ3n) is 7.76. The lowest BCUT2D eigenvalue weighted by Crippen LogP contribution is -2.37. The number of amides is 4. The van der Waals surface area contributed by atoms with Gasteiger partial charge in [-0.2, -0.15) is 0 Å². The van der Waals surface area contributed by atoms with Gasteiger partial charge >= 0.3 is 12.1 Å². The smallest absolute Gasteiger partial charge is 0.323 e. The summed E-state index contributed by atoms with van der Waals surface area (Å²) in [5.41, 5.74) is 4.05. The number of benzene rings is 2. The van der Waals surface area contributed by atoms with E-state index in [4.69, 9.17) is 14.7 Å². The van der Waals surface area contributed by atoms with Gasteiger partial charge in [-0.25, -0.2) is 24.2 Å². The summed E-state index contributed by atoms with van der Waals surface area (Å²) in [6, 6.07) is 13.9. The van der Waals surface area contributed by atoms with E-state index in [9.17, 15) is 9.59 Å². The van der Waals surface area contributed by atoms with Crippen molar-refractivity contribution in [3.05, 3.63) is 48.5 Å². The van der Waals surface area contributed by atoms with E-state index in [-0.39, 0.29) is 12.1 Å². The van der Waals surface area contributed by atoms with Crippen LogP contribution in [0.2, 0.25) is 0 Å². The predicted molar refractivity (Wildman–Crippen MR) is 169 cm³/mol. The van der Waals surface area contributed by atoms with Crippen LogP contribution in [-0.4, -0.2) is 106 Å². The van der Waals surface area contributed by atoms with Crippen LogP contribution < -0.4 is 20.9 Å². The molecular formula is C30H37N11O3. The highest BCUT2D eigenvalue weighted by Crippen LogP contribution is 2.27. The highest BCUT2D eigenvalue weighted by atomic mass is 16.5. The van der Waals surface area contributed by atoms with Gasteiger partial charge in [-0.15, -0.1) is 5.10 Å². The fourth-order valence-corrected chi connectivity index (χ4v) is 5.26. The maximum Gasteiger partial charge on any atom is 0.323 e. The van der Waals surface area contributed by atoms with Gasteiger partial charge in [0, 0.05) is 61.9 Å². The van der Waals surface area contributed by atoms with Gasteiger partial charge in [0.05, 0.1) is 13.2 Å². The lowest BCUT2D eigenvalue weighted by atomic mass is 10.2. The summed E-state index contributed by atoms with van der Waals surface area (Å²) in [6.45, 7) is 8.61. The van der Waals surface area contributed by atoms with Gasteiger partial charge in [0.25, 0.3) is 0 Å².